The molecule has 2 aromatic heterocycles. The number of aromatic nitrogens is 3. The molecule has 2 aromatic rings. The van der Waals surface area contributed by atoms with Gasteiger partial charge in [-0.2, -0.15) is 5.10 Å². The van der Waals surface area contributed by atoms with E-state index in [1.165, 1.54) is 11.1 Å². The van der Waals surface area contributed by atoms with Crippen LogP contribution in [-0.2, 0) is 4.79 Å². The minimum absolute atomic E-state index is 0.0807. The topological polar surface area (TPSA) is 99.2 Å². The Balaban J connectivity index is 2.20. The number of aliphatic carboxylic acids is 1. The third-order valence-electron chi connectivity index (χ3n) is 2.85. The molecule has 0 fully saturated rings. The highest BCUT2D eigenvalue weighted by Gasteiger charge is 2.15. The van der Waals surface area contributed by atoms with Crippen LogP contribution >= 0.6 is 0 Å². The van der Waals surface area contributed by atoms with Crippen molar-refractivity contribution in [1.82, 2.24) is 20.1 Å². The summed E-state index contributed by atoms with van der Waals surface area (Å²) in [5, 5.41) is 16.2. The van der Waals surface area contributed by atoms with Gasteiger partial charge in [0.1, 0.15) is 0 Å². The highest BCUT2D eigenvalue weighted by Crippen LogP contribution is 2.15. The highest BCUT2D eigenvalue weighted by atomic mass is 16.4. The summed E-state index contributed by atoms with van der Waals surface area (Å²) in [7, 11) is 1.57. The van der Waals surface area contributed by atoms with Gasteiger partial charge in [0.2, 0.25) is 0 Å². The van der Waals surface area contributed by atoms with E-state index in [2.05, 4.69) is 15.2 Å². The molecule has 0 bridgehead atoms. The third kappa shape index (κ3) is 2.70. The summed E-state index contributed by atoms with van der Waals surface area (Å²) in [5.74, 6) is -1.19. The first-order chi connectivity index (χ1) is 8.99. The number of carbonyl (C=O) groups excluding carboxylic acids is 1. The number of fused-ring (bicyclic) bond motifs is 1. The Morgan fingerprint density at radius 1 is 1.47 bits per heavy atom. The van der Waals surface area contributed by atoms with Gasteiger partial charge in [-0.1, -0.05) is 0 Å². The van der Waals surface area contributed by atoms with Crippen LogP contribution in [0.3, 0.4) is 0 Å². The van der Waals surface area contributed by atoms with E-state index in [1.54, 1.807) is 13.1 Å². The van der Waals surface area contributed by atoms with Crippen molar-refractivity contribution in [2.75, 3.05) is 13.6 Å². The van der Waals surface area contributed by atoms with Crippen LogP contribution < -0.4 is 0 Å². The molecule has 0 radical (unpaired) electrons. The van der Waals surface area contributed by atoms with Gasteiger partial charge in [-0.15, -0.1) is 0 Å². The quantitative estimate of drug-likeness (QED) is 0.849. The monoisotopic (exact) mass is 262 g/mol. The summed E-state index contributed by atoms with van der Waals surface area (Å²) in [6.07, 6.45) is 1.37. The van der Waals surface area contributed by atoms with Crippen LogP contribution in [0.2, 0.25) is 0 Å². The summed E-state index contributed by atoms with van der Waals surface area (Å²) in [4.78, 5) is 28.0. The van der Waals surface area contributed by atoms with E-state index in [-0.39, 0.29) is 18.9 Å². The molecular formula is C12H14N4O3. The number of pyridine rings is 1. The molecule has 1 amide bonds. The second-order valence-corrected chi connectivity index (χ2v) is 4.31. The molecule has 100 valence electrons. The summed E-state index contributed by atoms with van der Waals surface area (Å²) >= 11 is 0. The predicted octanol–water partition coefficient (Wildman–Crippen LogP) is 0.813. The SMILES string of the molecule is Cc1[nH]nc2ncc(C(=O)N(C)CCC(=O)O)cc12. The van der Waals surface area contributed by atoms with E-state index in [0.717, 1.165) is 11.1 Å². The van der Waals surface area contributed by atoms with Crippen molar-refractivity contribution in [3.8, 4) is 0 Å². The van der Waals surface area contributed by atoms with Crippen molar-refractivity contribution in [3.63, 3.8) is 0 Å². The largest absolute Gasteiger partial charge is 0.481 e. The number of amides is 1. The number of rotatable bonds is 4. The van der Waals surface area contributed by atoms with E-state index in [9.17, 15) is 9.59 Å². The Labute approximate surface area is 109 Å². The molecule has 0 saturated carbocycles. The number of H-pyrrole nitrogens is 1. The van der Waals surface area contributed by atoms with E-state index in [1.807, 2.05) is 6.92 Å². The first-order valence-corrected chi connectivity index (χ1v) is 5.77. The van der Waals surface area contributed by atoms with Crippen molar-refractivity contribution >= 4 is 22.9 Å². The van der Waals surface area contributed by atoms with Crippen LogP contribution in [0.4, 0.5) is 0 Å². The Morgan fingerprint density at radius 3 is 2.89 bits per heavy atom. The molecule has 7 heteroatoms. The lowest BCUT2D eigenvalue weighted by atomic mass is 10.2. The van der Waals surface area contributed by atoms with Crippen LogP contribution in [0, 0.1) is 6.92 Å². The number of nitrogens with one attached hydrogen (secondary N) is 1. The molecule has 0 spiro atoms. The molecule has 0 aliphatic carbocycles. The number of hydrogen-bond acceptors (Lipinski definition) is 4. The van der Waals surface area contributed by atoms with Gasteiger partial charge >= 0.3 is 5.97 Å². The lowest BCUT2D eigenvalue weighted by Gasteiger charge is -2.15. The molecule has 0 aliphatic heterocycles. The maximum Gasteiger partial charge on any atom is 0.305 e. The molecule has 0 aliphatic rings. The van der Waals surface area contributed by atoms with Gasteiger partial charge < -0.3 is 10.0 Å². The molecule has 0 unspecified atom stereocenters. The molecule has 2 heterocycles. The van der Waals surface area contributed by atoms with Crippen LogP contribution in [-0.4, -0.2) is 50.7 Å². The lowest BCUT2D eigenvalue weighted by molar-refractivity contribution is -0.137. The van der Waals surface area contributed by atoms with Crippen molar-refractivity contribution in [1.29, 1.82) is 0 Å². The molecule has 0 aromatic carbocycles. The fourth-order valence-corrected chi connectivity index (χ4v) is 1.72. The number of aromatic amines is 1. The van der Waals surface area contributed by atoms with Gasteiger partial charge in [0, 0.05) is 30.9 Å². The Morgan fingerprint density at radius 2 is 2.21 bits per heavy atom. The van der Waals surface area contributed by atoms with E-state index in [0.29, 0.717) is 11.2 Å². The van der Waals surface area contributed by atoms with E-state index >= 15 is 0 Å². The minimum Gasteiger partial charge on any atom is -0.481 e. The Hall–Kier alpha value is -2.44. The molecule has 2 N–H and O–H groups in total. The number of carbonyl (C=O) groups is 2. The average molecular weight is 262 g/mol. The van der Waals surface area contributed by atoms with Gasteiger partial charge in [0.25, 0.3) is 5.91 Å². The zero-order valence-electron chi connectivity index (χ0n) is 10.7. The highest BCUT2D eigenvalue weighted by molar-refractivity contribution is 5.97. The van der Waals surface area contributed by atoms with Gasteiger partial charge in [-0.3, -0.25) is 14.7 Å². The number of hydrogen-bond donors (Lipinski definition) is 2. The first-order valence-electron chi connectivity index (χ1n) is 5.77. The summed E-state index contributed by atoms with van der Waals surface area (Å²) in [6.45, 7) is 2.01. The zero-order valence-corrected chi connectivity index (χ0v) is 10.7. The van der Waals surface area contributed by atoms with Gasteiger partial charge in [-0.25, -0.2) is 4.98 Å². The van der Waals surface area contributed by atoms with Gasteiger partial charge in [0.15, 0.2) is 5.65 Å². The Kier molecular flexibility index (Phi) is 3.46. The smallest absolute Gasteiger partial charge is 0.305 e. The van der Waals surface area contributed by atoms with Crippen molar-refractivity contribution in [3.05, 3.63) is 23.5 Å². The predicted molar refractivity (Wildman–Crippen MR) is 67.8 cm³/mol. The normalized spacial score (nSPS) is 10.6. The molecule has 2 rings (SSSR count). The lowest BCUT2D eigenvalue weighted by Crippen LogP contribution is -2.29. The number of carboxylic acid groups (broad SMARTS) is 1. The molecular weight excluding hydrogens is 248 g/mol. The number of aryl methyl sites for hydroxylation is 1. The maximum absolute atomic E-state index is 12.1. The van der Waals surface area contributed by atoms with Crippen molar-refractivity contribution in [2.24, 2.45) is 0 Å². The summed E-state index contributed by atoms with van der Waals surface area (Å²) in [5.41, 5.74) is 1.82. The van der Waals surface area contributed by atoms with Crippen molar-refractivity contribution in [2.45, 2.75) is 13.3 Å². The van der Waals surface area contributed by atoms with E-state index < -0.39 is 5.97 Å². The zero-order chi connectivity index (χ0) is 14.0. The van der Waals surface area contributed by atoms with Crippen LogP contribution in [0.1, 0.15) is 22.5 Å². The molecule has 0 atom stereocenters. The molecule has 0 saturated heterocycles. The summed E-state index contributed by atoms with van der Waals surface area (Å²) < 4.78 is 0. The second-order valence-electron chi connectivity index (χ2n) is 4.31. The molecule has 19 heavy (non-hydrogen) atoms. The minimum atomic E-state index is -0.932. The molecule has 7 nitrogen and oxygen atoms in total. The van der Waals surface area contributed by atoms with Crippen molar-refractivity contribution < 1.29 is 14.7 Å². The van der Waals surface area contributed by atoms with E-state index in [4.69, 9.17) is 5.11 Å². The Bertz CT molecular complexity index is 635. The standard InChI is InChI=1S/C12H14N4O3/c1-7-9-5-8(6-13-11(9)15-14-7)12(19)16(2)4-3-10(17)18/h5-6H,3-4H2,1-2H3,(H,17,18)(H,13,14,15). The van der Waals surface area contributed by atoms with Crippen LogP contribution in [0.25, 0.3) is 11.0 Å². The fraction of sp³-hybridized carbons (Fsp3) is 0.333. The average Bonchev–Trinajstić information content (AvgIpc) is 2.76. The number of carboxylic acids is 1. The van der Waals surface area contributed by atoms with Crippen LogP contribution in [0.15, 0.2) is 12.3 Å². The first kappa shape index (κ1) is 13.0. The van der Waals surface area contributed by atoms with Crippen LogP contribution in [0.5, 0.6) is 0 Å². The number of nitrogens with zero attached hydrogens (tertiary/aromatic N) is 3. The third-order valence-corrected chi connectivity index (χ3v) is 2.85. The fourth-order valence-electron chi connectivity index (χ4n) is 1.72. The summed E-state index contributed by atoms with van der Waals surface area (Å²) in [6, 6.07) is 1.71. The van der Waals surface area contributed by atoms with Gasteiger partial charge in [-0.05, 0) is 13.0 Å². The van der Waals surface area contributed by atoms with Gasteiger partial charge in [0.05, 0.1) is 12.0 Å². The second kappa shape index (κ2) is 5.05. The maximum atomic E-state index is 12.1.